The molecular weight excluding hydrogens is 166 g/mol. The first-order valence-electron chi connectivity index (χ1n) is 3.99. The van der Waals surface area contributed by atoms with Gasteiger partial charge < -0.3 is 15.9 Å². The van der Waals surface area contributed by atoms with Crippen molar-refractivity contribution in [1.82, 2.24) is 0 Å². The third-order valence-electron chi connectivity index (χ3n) is 2.04. The van der Waals surface area contributed by atoms with E-state index >= 15 is 0 Å². The highest BCUT2D eigenvalue weighted by atomic mass is 16.3. The van der Waals surface area contributed by atoms with E-state index in [1.54, 1.807) is 18.2 Å². The van der Waals surface area contributed by atoms with Gasteiger partial charge in [-0.1, -0.05) is 18.7 Å². The predicted octanol–water partition coefficient (Wildman–Crippen LogP) is 0.896. The Bertz CT molecular complexity index is 321. The van der Waals surface area contributed by atoms with Crippen molar-refractivity contribution in [1.29, 1.82) is 0 Å². The Hall–Kier alpha value is -1.32. The summed E-state index contributed by atoms with van der Waals surface area (Å²) in [5.74, 6) is 0. The van der Waals surface area contributed by atoms with E-state index < -0.39 is 0 Å². The van der Waals surface area contributed by atoms with Crippen molar-refractivity contribution < 1.29 is 10.2 Å². The fourth-order valence-electron chi connectivity index (χ4n) is 1.29. The Morgan fingerprint density at radius 3 is 2.31 bits per heavy atom. The number of anilines is 1. The van der Waals surface area contributed by atoms with Crippen molar-refractivity contribution in [3.63, 3.8) is 0 Å². The molecule has 0 saturated carbocycles. The van der Waals surface area contributed by atoms with Gasteiger partial charge in [-0.05, 0) is 17.2 Å². The Balaban J connectivity index is 3.35. The molecule has 4 N–H and O–H groups in total. The summed E-state index contributed by atoms with van der Waals surface area (Å²) >= 11 is 0. The maximum Gasteiger partial charge on any atom is 0.0705 e. The topological polar surface area (TPSA) is 66.5 Å². The highest BCUT2D eigenvalue weighted by Gasteiger charge is 2.07. The van der Waals surface area contributed by atoms with Crippen LogP contribution in [0.4, 0.5) is 5.69 Å². The van der Waals surface area contributed by atoms with Gasteiger partial charge in [-0.2, -0.15) is 0 Å². The average Bonchev–Trinajstić information content (AvgIpc) is 2.17. The van der Waals surface area contributed by atoms with Gasteiger partial charge in [0.05, 0.1) is 13.2 Å². The zero-order valence-corrected chi connectivity index (χ0v) is 7.33. The number of nitrogen functional groups attached to an aromatic ring is 1. The molecule has 1 aromatic rings. The molecule has 0 aliphatic carbocycles. The minimum Gasteiger partial charge on any atom is -0.398 e. The smallest absolute Gasteiger partial charge is 0.0705 e. The summed E-state index contributed by atoms with van der Waals surface area (Å²) in [6, 6.07) is 3.47. The molecule has 0 fully saturated rings. The lowest BCUT2D eigenvalue weighted by molar-refractivity contribution is 0.260. The summed E-state index contributed by atoms with van der Waals surface area (Å²) in [6.45, 7) is 3.31. The number of hydrogen-bond donors (Lipinski definition) is 3. The first-order chi connectivity index (χ1) is 6.24. The van der Waals surface area contributed by atoms with E-state index in [0.717, 1.165) is 5.56 Å². The van der Waals surface area contributed by atoms with Gasteiger partial charge in [-0.3, -0.25) is 0 Å². The number of rotatable bonds is 3. The van der Waals surface area contributed by atoms with Crippen LogP contribution in [0.5, 0.6) is 0 Å². The molecule has 70 valence electrons. The third kappa shape index (κ3) is 1.71. The van der Waals surface area contributed by atoms with Crippen molar-refractivity contribution in [2.75, 3.05) is 5.73 Å². The summed E-state index contributed by atoms with van der Waals surface area (Å²) in [5, 5.41) is 18.1. The van der Waals surface area contributed by atoms with Crippen molar-refractivity contribution in [3.05, 3.63) is 35.4 Å². The maximum atomic E-state index is 9.07. The summed E-state index contributed by atoms with van der Waals surface area (Å²) in [5.41, 5.74) is 8.16. The fourth-order valence-corrected chi connectivity index (χ4v) is 1.29. The molecule has 0 amide bonds. The molecule has 0 aliphatic rings. The second-order valence-corrected chi connectivity index (χ2v) is 2.72. The molecule has 3 heteroatoms. The van der Waals surface area contributed by atoms with Crippen LogP contribution in [0.2, 0.25) is 0 Å². The lowest BCUT2D eigenvalue weighted by Crippen LogP contribution is -2.02. The molecule has 13 heavy (non-hydrogen) atoms. The SMILES string of the molecule is C=Cc1ccc(N)c(CO)c1CO. The molecule has 1 aromatic carbocycles. The molecule has 1 rings (SSSR count). The van der Waals surface area contributed by atoms with Gasteiger partial charge in [0, 0.05) is 11.3 Å². The molecule has 0 aromatic heterocycles. The lowest BCUT2D eigenvalue weighted by Gasteiger charge is -2.11. The summed E-state index contributed by atoms with van der Waals surface area (Å²) < 4.78 is 0. The largest absolute Gasteiger partial charge is 0.398 e. The van der Waals surface area contributed by atoms with Crippen LogP contribution in [0.1, 0.15) is 16.7 Å². The van der Waals surface area contributed by atoms with Crippen molar-refractivity contribution in [2.24, 2.45) is 0 Å². The predicted molar refractivity (Wildman–Crippen MR) is 52.8 cm³/mol. The normalized spacial score (nSPS) is 10.0. The maximum absolute atomic E-state index is 9.07. The minimum absolute atomic E-state index is 0.137. The number of aliphatic hydroxyl groups excluding tert-OH is 2. The highest BCUT2D eigenvalue weighted by molar-refractivity contribution is 5.62. The summed E-state index contributed by atoms with van der Waals surface area (Å²) in [6.07, 6.45) is 1.63. The molecule has 0 aliphatic heterocycles. The first kappa shape index (κ1) is 9.77. The van der Waals surface area contributed by atoms with Gasteiger partial charge in [0.2, 0.25) is 0 Å². The van der Waals surface area contributed by atoms with Crippen LogP contribution in [-0.2, 0) is 13.2 Å². The molecule has 0 spiro atoms. The third-order valence-corrected chi connectivity index (χ3v) is 2.04. The van der Waals surface area contributed by atoms with Gasteiger partial charge in [0.15, 0.2) is 0 Å². The molecule has 3 nitrogen and oxygen atoms in total. The standard InChI is InChI=1S/C10H13NO2/c1-2-7-3-4-10(11)9(6-13)8(7)5-12/h2-4,12-13H,1,5-6,11H2. The summed E-state index contributed by atoms with van der Waals surface area (Å²) in [4.78, 5) is 0. The molecule has 0 heterocycles. The number of hydrogen-bond acceptors (Lipinski definition) is 3. The fraction of sp³-hybridized carbons (Fsp3) is 0.200. The first-order valence-corrected chi connectivity index (χ1v) is 3.99. The van der Waals surface area contributed by atoms with Gasteiger partial charge in [0.1, 0.15) is 0 Å². The second-order valence-electron chi connectivity index (χ2n) is 2.72. The van der Waals surface area contributed by atoms with Gasteiger partial charge in [-0.15, -0.1) is 0 Å². The Morgan fingerprint density at radius 2 is 1.85 bits per heavy atom. The second kappa shape index (κ2) is 4.07. The molecule has 0 saturated heterocycles. The van der Waals surface area contributed by atoms with E-state index in [4.69, 9.17) is 15.9 Å². The number of aliphatic hydroxyl groups is 2. The Labute approximate surface area is 77.1 Å². The molecule has 0 radical (unpaired) electrons. The quantitative estimate of drug-likeness (QED) is 0.604. The molecule has 0 atom stereocenters. The summed E-state index contributed by atoms with van der Waals surface area (Å²) in [7, 11) is 0. The average molecular weight is 179 g/mol. The van der Waals surface area contributed by atoms with Crippen LogP contribution < -0.4 is 5.73 Å². The molecule has 0 bridgehead atoms. The van der Waals surface area contributed by atoms with E-state index in [0.29, 0.717) is 16.8 Å². The van der Waals surface area contributed by atoms with E-state index in [1.807, 2.05) is 0 Å². The van der Waals surface area contributed by atoms with Crippen LogP contribution in [0.25, 0.3) is 6.08 Å². The van der Waals surface area contributed by atoms with Crippen molar-refractivity contribution >= 4 is 11.8 Å². The van der Waals surface area contributed by atoms with Crippen molar-refractivity contribution in [2.45, 2.75) is 13.2 Å². The van der Waals surface area contributed by atoms with E-state index in [1.165, 1.54) is 0 Å². The van der Waals surface area contributed by atoms with Crippen LogP contribution >= 0.6 is 0 Å². The zero-order valence-electron chi connectivity index (χ0n) is 7.33. The minimum atomic E-state index is -0.163. The van der Waals surface area contributed by atoms with E-state index in [9.17, 15) is 0 Å². The van der Waals surface area contributed by atoms with Crippen LogP contribution in [0.3, 0.4) is 0 Å². The van der Waals surface area contributed by atoms with Gasteiger partial charge in [-0.25, -0.2) is 0 Å². The van der Waals surface area contributed by atoms with Gasteiger partial charge >= 0.3 is 0 Å². The van der Waals surface area contributed by atoms with Gasteiger partial charge in [0.25, 0.3) is 0 Å². The van der Waals surface area contributed by atoms with E-state index in [-0.39, 0.29) is 13.2 Å². The van der Waals surface area contributed by atoms with Crippen molar-refractivity contribution in [3.8, 4) is 0 Å². The molecule has 0 unspecified atom stereocenters. The lowest BCUT2D eigenvalue weighted by atomic mass is 10.0. The Morgan fingerprint density at radius 1 is 1.23 bits per heavy atom. The Kier molecular flexibility index (Phi) is 3.06. The van der Waals surface area contributed by atoms with Crippen LogP contribution in [-0.4, -0.2) is 10.2 Å². The number of nitrogens with two attached hydrogens (primary N) is 1. The van der Waals surface area contributed by atoms with Crippen LogP contribution in [0, 0.1) is 0 Å². The molecular formula is C10H13NO2. The van der Waals surface area contributed by atoms with E-state index in [2.05, 4.69) is 6.58 Å². The van der Waals surface area contributed by atoms with Crippen LogP contribution in [0.15, 0.2) is 18.7 Å². The highest BCUT2D eigenvalue weighted by Crippen LogP contribution is 2.22. The monoisotopic (exact) mass is 179 g/mol. The zero-order chi connectivity index (χ0) is 9.84. The number of benzene rings is 1.